The van der Waals surface area contributed by atoms with Gasteiger partial charge >= 0.3 is 29.8 Å². The lowest BCUT2D eigenvalue weighted by Crippen LogP contribution is -2.26. The maximum absolute atomic E-state index is 13.0. The maximum Gasteiger partial charge on any atom is 0.336 e. The Balaban J connectivity index is 1.46. The third-order valence-electron chi connectivity index (χ3n) is 10.0. The number of primary amides is 1. The molecule has 0 fully saturated rings. The van der Waals surface area contributed by atoms with E-state index < -0.39 is 35.8 Å². The number of rotatable bonds is 6. The van der Waals surface area contributed by atoms with Crippen LogP contribution in [0.15, 0.2) is 73.1 Å². The van der Waals surface area contributed by atoms with Crippen LogP contribution in [0.2, 0.25) is 0 Å². The number of nitrogens with two attached hydrogens (primary N) is 1. The Hall–Kier alpha value is -8.36. The van der Waals surface area contributed by atoms with Crippen molar-refractivity contribution in [3.05, 3.63) is 141 Å². The number of nitrogens with zero attached hydrogens (tertiary/aromatic N) is 8. The van der Waals surface area contributed by atoms with Gasteiger partial charge in [-0.1, -0.05) is 0 Å². The molecule has 0 unspecified atom stereocenters. The minimum Gasteiger partial charge on any atom is -0.478 e. The SMILES string of the molecule is NC(=O)c1cc2ncc1-c1cnc(cc1C(=O)O)C[N@]1Cc3cc(C(=O)O)cc(n3)-c3cc(C(=O)O)cc(n3)C[N@](C2)Cc2cc(C(=O)O)cc(n2)-c2cc(C(=O)O)cc(n2)C1. The first-order valence-electron chi connectivity index (χ1n) is 18.5. The highest BCUT2D eigenvalue weighted by Gasteiger charge is 2.25. The van der Waals surface area contributed by atoms with Gasteiger partial charge in [-0.25, -0.2) is 43.9 Å². The molecule has 14 bridgehead atoms. The second-order valence-corrected chi connectivity index (χ2v) is 14.6. The molecule has 20 heteroatoms. The first kappa shape index (κ1) is 40.4. The largest absolute Gasteiger partial charge is 0.478 e. The van der Waals surface area contributed by atoms with Crippen molar-refractivity contribution in [2.24, 2.45) is 5.73 Å². The summed E-state index contributed by atoms with van der Waals surface area (Å²) < 4.78 is 0. The van der Waals surface area contributed by atoms with Crippen LogP contribution < -0.4 is 5.73 Å². The van der Waals surface area contributed by atoms with E-state index in [-0.39, 0.29) is 141 Å². The average molecular weight is 838 g/mol. The van der Waals surface area contributed by atoms with E-state index in [0.717, 1.165) is 0 Å². The molecule has 7 aliphatic rings. The molecule has 7 N–H and O–H groups in total. The number of pyridine rings is 6. The van der Waals surface area contributed by atoms with Crippen LogP contribution in [-0.4, -0.2) is 101 Å². The van der Waals surface area contributed by atoms with Gasteiger partial charge in [0.2, 0.25) is 5.91 Å². The fraction of sp³-hybridized carbons (Fsp3) is 0.143. The molecular formula is C42H31N9O11. The van der Waals surface area contributed by atoms with Gasteiger partial charge in [-0.05, 0) is 60.7 Å². The van der Waals surface area contributed by atoms with E-state index in [1.165, 1.54) is 73.1 Å². The number of hydrogen-bond donors (Lipinski definition) is 6. The summed E-state index contributed by atoms with van der Waals surface area (Å²) in [7, 11) is 0. The number of carbonyl (C=O) groups is 6. The highest BCUT2D eigenvalue weighted by molar-refractivity contribution is 6.04. The minimum atomic E-state index is -1.37. The standard InChI is InChI=1S/C42H31N9O11/c43-37(52)29-9-23-13-50-15-25-1-19(38(53)54)5-33(46-25)35-7-21(40(57)58)3-27(48-35)17-51(14-24-10-30(42(61)62)32(12-45-24)31(29)11-44-23)18-28-4-22(41(59)60)8-36(49-28)34-6-20(39(55)56)2-26(16-50)47-34/h1-12H,13-18H2,(H2,43,52)(H,53,54)(H,55,56)(H,57,58)(H,59,60)(H,61,62). The molecule has 0 radical (unpaired) electrons. The third kappa shape index (κ3) is 8.39. The van der Waals surface area contributed by atoms with Crippen LogP contribution in [0, 0.1) is 0 Å². The second kappa shape index (κ2) is 16.0. The Bertz CT molecular complexity index is 2610. The highest BCUT2D eigenvalue weighted by atomic mass is 16.4. The van der Waals surface area contributed by atoms with E-state index in [1.54, 1.807) is 9.80 Å². The Kier molecular flexibility index (Phi) is 10.4. The molecular weight excluding hydrogens is 807 g/mol. The zero-order chi connectivity index (χ0) is 44.0. The van der Waals surface area contributed by atoms with E-state index in [2.05, 4.69) is 9.97 Å². The fourth-order valence-corrected chi connectivity index (χ4v) is 7.38. The molecule has 6 aromatic rings. The summed E-state index contributed by atoms with van der Waals surface area (Å²) in [6.45, 7) is -1.06. The zero-order valence-electron chi connectivity index (χ0n) is 32.0. The Morgan fingerprint density at radius 3 is 0.984 bits per heavy atom. The summed E-state index contributed by atoms with van der Waals surface area (Å²) in [5, 5.41) is 51.3. The molecule has 62 heavy (non-hydrogen) atoms. The van der Waals surface area contributed by atoms with Crippen LogP contribution in [0.1, 0.15) is 96.3 Å². The topological polar surface area (TPSA) is 313 Å². The van der Waals surface area contributed by atoms with E-state index >= 15 is 0 Å². The molecule has 13 heterocycles. The first-order chi connectivity index (χ1) is 29.6. The monoisotopic (exact) mass is 837 g/mol. The Labute approximate surface area is 348 Å². The predicted octanol–water partition coefficient (Wildman–Crippen LogP) is 3.68. The highest BCUT2D eigenvalue weighted by Crippen LogP contribution is 2.31. The molecule has 20 nitrogen and oxygen atoms in total. The van der Waals surface area contributed by atoms with Gasteiger partial charge < -0.3 is 31.3 Å². The second-order valence-electron chi connectivity index (χ2n) is 14.6. The van der Waals surface area contributed by atoms with Crippen LogP contribution in [0.5, 0.6) is 0 Å². The van der Waals surface area contributed by atoms with Crippen LogP contribution in [0.3, 0.4) is 0 Å². The molecule has 6 aromatic heterocycles. The maximum atomic E-state index is 13.0. The van der Waals surface area contributed by atoms with E-state index in [1.807, 2.05) is 0 Å². The lowest BCUT2D eigenvalue weighted by atomic mass is 9.97. The summed E-state index contributed by atoms with van der Waals surface area (Å²) in [6.07, 6.45) is 2.56. The van der Waals surface area contributed by atoms with Crippen molar-refractivity contribution in [3.63, 3.8) is 0 Å². The average Bonchev–Trinajstić information content (AvgIpc) is 3.22. The van der Waals surface area contributed by atoms with Gasteiger partial charge in [0.1, 0.15) is 0 Å². The summed E-state index contributed by atoms with van der Waals surface area (Å²) in [4.78, 5) is 107. The van der Waals surface area contributed by atoms with Crippen molar-refractivity contribution in [1.82, 2.24) is 39.7 Å². The molecule has 0 atom stereocenters. The van der Waals surface area contributed by atoms with Crippen molar-refractivity contribution in [2.75, 3.05) is 0 Å². The van der Waals surface area contributed by atoms with Crippen molar-refractivity contribution >= 4 is 35.8 Å². The van der Waals surface area contributed by atoms with Gasteiger partial charge in [0, 0.05) is 62.8 Å². The smallest absolute Gasteiger partial charge is 0.336 e. The van der Waals surface area contributed by atoms with Crippen LogP contribution in [0.25, 0.3) is 33.9 Å². The summed E-state index contributed by atoms with van der Waals surface area (Å²) in [5.74, 6) is -7.58. The van der Waals surface area contributed by atoms with Gasteiger partial charge in [0.05, 0.1) is 90.3 Å². The van der Waals surface area contributed by atoms with Gasteiger partial charge in [0.25, 0.3) is 0 Å². The molecule has 0 saturated heterocycles. The van der Waals surface area contributed by atoms with Crippen LogP contribution >= 0.6 is 0 Å². The van der Waals surface area contributed by atoms with Crippen molar-refractivity contribution in [3.8, 4) is 33.9 Å². The number of carboxylic acid groups (broad SMARTS) is 5. The number of amides is 1. The van der Waals surface area contributed by atoms with Crippen LogP contribution in [-0.2, 0) is 39.3 Å². The lowest BCUT2D eigenvalue weighted by Gasteiger charge is -2.24. The number of carboxylic acids is 5. The molecule has 1 amide bonds. The fourth-order valence-electron chi connectivity index (χ4n) is 7.38. The predicted molar refractivity (Wildman–Crippen MR) is 212 cm³/mol. The molecule has 0 aliphatic carbocycles. The molecule has 0 aromatic carbocycles. The number of carbonyl (C=O) groups excluding carboxylic acids is 1. The van der Waals surface area contributed by atoms with Crippen molar-refractivity contribution < 1.29 is 54.3 Å². The third-order valence-corrected chi connectivity index (χ3v) is 10.0. The quantitative estimate of drug-likeness (QED) is 0.139. The van der Waals surface area contributed by atoms with Gasteiger partial charge in [-0.15, -0.1) is 0 Å². The van der Waals surface area contributed by atoms with Crippen LogP contribution in [0.4, 0.5) is 0 Å². The number of hydrogen-bond acceptors (Lipinski definition) is 14. The molecule has 0 spiro atoms. The molecule has 0 saturated carbocycles. The molecule has 310 valence electrons. The van der Waals surface area contributed by atoms with Crippen molar-refractivity contribution in [2.45, 2.75) is 39.3 Å². The van der Waals surface area contributed by atoms with Gasteiger partial charge in [-0.2, -0.15) is 0 Å². The summed E-state index contributed by atoms with van der Waals surface area (Å²) in [6, 6.07) is 12.8. The molecule has 13 rings (SSSR count). The number of aromatic carboxylic acids is 5. The van der Waals surface area contributed by atoms with Gasteiger partial charge in [-0.3, -0.25) is 24.6 Å². The lowest BCUT2D eigenvalue weighted by molar-refractivity contribution is 0.0685. The Morgan fingerprint density at radius 2 is 0.694 bits per heavy atom. The zero-order valence-corrected chi connectivity index (χ0v) is 32.0. The normalized spacial score (nSPS) is 15.5. The summed E-state index contributed by atoms with van der Waals surface area (Å²) >= 11 is 0. The molecule has 7 aliphatic heterocycles. The summed E-state index contributed by atoms with van der Waals surface area (Å²) in [5.41, 5.74) is 5.75. The van der Waals surface area contributed by atoms with Crippen molar-refractivity contribution in [1.29, 1.82) is 0 Å². The first-order valence-corrected chi connectivity index (χ1v) is 18.5. The van der Waals surface area contributed by atoms with E-state index in [0.29, 0.717) is 0 Å². The number of aromatic nitrogens is 6. The Morgan fingerprint density at radius 1 is 0.403 bits per heavy atom. The minimum absolute atomic E-state index is 0.000907. The van der Waals surface area contributed by atoms with E-state index in [9.17, 15) is 54.3 Å². The van der Waals surface area contributed by atoms with Gasteiger partial charge in [0.15, 0.2) is 0 Å². The van der Waals surface area contributed by atoms with E-state index in [4.69, 9.17) is 25.7 Å².